The highest BCUT2D eigenvalue weighted by Gasteiger charge is 2.16. The number of fused-ring (bicyclic) bond motifs is 1. The van der Waals surface area contributed by atoms with Gasteiger partial charge in [0.05, 0.1) is 0 Å². The van der Waals surface area contributed by atoms with E-state index in [-0.39, 0.29) is 6.61 Å². The van der Waals surface area contributed by atoms with Crippen molar-refractivity contribution in [2.24, 2.45) is 0 Å². The molecule has 3 heterocycles. The van der Waals surface area contributed by atoms with Gasteiger partial charge in [-0.3, -0.25) is 0 Å². The molecule has 0 bridgehead atoms. The molecule has 0 aliphatic heterocycles. The van der Waals surface area contributed by atoms with Crippen molar-refractivity contribution in [3.8, 4) is 5.75 Å². The number of aryl methyl sites for hydroxylation is 1. The van der Waals surface area contributed by atoms with Crippen LogP contribution in [0.1, 0.15) is 16.8 Å². The number of para-hydroxylation sites is 1. The maximum atomic E-state index is 6.46. The van der Waals surface area contributed by atoms with Crippen LogP contribution in [0.3, 0.4) is 0 Å². The molecule has 0 aliphatic carbocycles. The lowest BCUT2D eigenvalue weighted by molar-refractivity contribution is 0.306. The Labute approximate surface area is 206 Å². The largest absolute Gasteiger partial charge is 0.486 e. The third-order valence-electron chi connectivity index (χ3n) is 4.90. The van der Waals surface area contributed by atoms with E-state index < -0.39 is 0 Å². The lowest BCUT2D eigenvalue weighted by atomic mass is 10.0. The Morgan fingerprint density at radius 2 is 2.09 bits per heavy atom. The molecule has 0 radical (unpaired) electrons. The zero-order chi connectivity index (χ0) is 23.4. The van der Waals surface area contributed by atoms with Gasteiger partial charge < -0.3 is 9.64 Å². The number of halogens is 1. The van der Waals surface area contributed by atoms with E-state index >= 15 is 0 Å². The third-order valence-corrected chi connectivity index (χ3v) is 7.21. The second-order valence-corrected chi connectivity index (χ2v) is 9.95. The summed E-state index contributed by atoms with van der Waals surface area (Å²) in [5.41, 5.74) is 4.66. The van der Waals surface area contributed by atoms with Crippen molar-refractivity contribution in [2.45, 2.75) is 22.8 Å². The van der Waals surface area contributed by atoms with Crippen LogP contribution in [0.4, 0.5) is 0 Å². The summed E-state index contributed by atoms with van der Waals surface area (Å²) in [5, 5.41) is 3.38. The van der Waals surface area contributed by atoms with Gasteiger partial charge >= 0.3 is 0 Å². The van der Waals surface area contributed by atoms with Gasteiger partial charge in [0.2, 0.25) is 0 Å². The first-order chi connectivity index (χ1) is 16.0. The second kappa shape index (κ2) is 10.4. The van der Waals surface area contributed by atoms with E-state index in [0.717, 1.165) is 42.7 Å². The van der Waals surface area contributed by atoms with Crippen LogP contribution in [0.2, 0.25) is 5.15 Å². The number of aromatic nitrogens is 3. The van der Waals surface area contributed by atoms with Gasteiger partial charge in [0.1, 0.15) is 23.0 Å². The molecule has 33 heavy (non-hydrogen) atoms. The first kappa shape index (κ1) is 23.3. The minimum atomic E-state index is 0.271. The molecule has 4 aromatic rings. The lowest BCUT2D eigenvalue weighted by Crippen LogP contribution is -2.11. The molecule has 0 N–H and O–H groups in total. The van der Waals surface area contributed by atoms with Crippen molar-refractivity contribution in [1.82, 2.24) is 19.9 Å². The maximum Gasteiger partial charge on any atom is 0.154 e. The standard InChI is InChI=1S/C25H23ClN4OS2/c1-5-7-20(30(3)4)18-14-16(2)29-23-17(18)8-6-9-21(23)31-15-19-22(10-11-27-24(19)26)33-25-28-12-13-32-25/h5-14H,1,15H2,2-4H3/b20-7-. The Balaban J connectivity index is 1.72. The second-order valence-electron chi connectivity index (χ2n) is 7.41. The average molecular weight is 495 g/mol. The highest BCUT2D eigenvalue weighted by atomic mass is 35.5. The van der Waals surface area contributed by atoms with Crippen molar-refractivity contribution in [3.05, 3.63) is 88.8 Å². The Morgan fingerprint density at radius 1 is 1.24 bits per heavy atom. The lowest BCUT2D eigenvalue weighted by Gasteiger charge is -2.20. The molecule has 5 nitrogen and oxygen atoms in total. The quantitative estimate of drug-likeness (QED) is 0.197. The van der Waals surface area contributed by atoms with Gasteiger partial charge in [-0.15, -0.1) is 11.3 Å². The molecule has 0 aliphatic rings. The summed E-state index contributed by atoms with van der Waals surface area (Å²) in [4.78, 5) is 16.4. The molecule has 0 spiro atoms. The number of allylic oxidation sites excluding steroid dienone is 2. The fourth-order valence-corrected chi connectivity index (χ4v) is 5.42. The molecule has 1 aromatic carbocycles. The number of benzene rings is 1. The zero-order valence-electron chi connectivity index (χ0n) is 18.6. The minimum absolute atomic E-state index is 0.271. The van der Waals surface area contributed by atoms with E-state index in [2.05, 4.69) is 33.6 Å². The van der Waals surface area contributed by atoms with Crippen molar-refractivity contribution in [1.29, 1.82) is 0 Å². The Bertz CT molecular complexity index is 1320. The number of hydrogen-bond acceptors (Lipinski definition) is 7. The van der Waals surface area contributed by atoms with E-state index in [0.29, 0.717) is 10.9 Å². The van der Waals surface area contributed by atoms with Crippen molar-refractivity contribution >= 4 is 51.3 Å². The highest BCUT2D eigenvalue weighted by Crippen LogP contribution is 2.36. The SMILES string of the molecule is C=C/C=C(/c1cc(C)nc2c(OCc3c(Sc4nccs4)ccnc3Cl)cccc12)N(C)C. The first-order valence-corrected chi connectivity index (χ1v) is 12.3. The fourth-order valence-electron chi connectivity index (χ4n) is 3.45. The zero-order valence-corrected chi connectivity index (χ0v) is 21.0. The molecular weight excluding hydrogens is 472 g/mol. The van der Waals surface area contributed by atoms with E-state index in [1.54, 1.807) is 41.6 Å². The number of rotatable bonds is 8. The van der Waals surface area contributed by atoms with Crippen LogP contribution < -0.4 is 4.74 Å². The van der Waals surface area contributed by atoms with E-state index in [4.69, 9.17) is 21.3 Å². The van der Waals surface area contributed by atoms with Gasteiger partial charge in [-0.05, 0) is 31.2 Å². The van der Waals surface area contributed by atoms with E-state index in [1.165, 1.54) is 0 Å². The molecule has 0 unspecified atom stereocenters. The van der Waals surface area contributed by atoms with Crippen LogP contribution in [-0.4, -0.2) is 33.9 Å². The van der Waals surface area contributed by atoms with Crippen LogP contribution in [0.25, 0.3) is 16.6 Å². The summed E-state index contributed by atoms with van der Waals surface area (Å²) in [6.45, 7) is 6.13. The monoisotopic (exact) mass is 494 g/mol. The Hall–Kier alpha value is -2.87. The Morgan fingerprint density at radius 3 is 2.82 bits per heavy atom. The number of pyridine rings is 2. The van der Waals surface area contributed by atoms with Gasteiger partial charge in [-0.1, -0.05) is 48.2 Å². The molecule has 168 valence electrons. The summed E-state index contributed by atoms with van der Waals surface area (Å²) in [6.07, 6.45) is 7.28. The third kappa shape index (κ3) is 5.21. The minimum Gasteiger partial charge on any atom is -0.486 e. The summed E-state index contributed by atoms with van der Waals surface area (Å²) >= 11 is 9.59. The molecule has 0 fully saturated rings. The van der Waals surface area contributed by atoms with Gasteiger partial charge in [-0.25, -0.2) is 15.0 Å². The predicted octanol–water partition coefficient (Wildman–Crippen LogP) is 6.87. The van der Waals surface area contributed by atoms with Gasteiger partial charge in [0.25, 0.3) is 0 Å². The van der Waals surface area contributed by atoms with Gasteiger partial charge in [-0.2, -0.15) is 0 Å². The highest BCUT2D eigenvalue weighted by molar-refractivity contribution is 8.01. The molecule has 3 aromatic heterocycles. The maximum absolute atomic E-state index is 6.46. The molecule has 8 heteroatoms. The van der Waals surface area contributed by atoms with Crippen LogP contribution in [0.15, 0.2) is 76.1 Å². The number of thiazole rings is 1. The first-order valence-electron chi connectivity index (χ1n) is 10.2. The summed E-state index contributed by atoms with van der Waals surface area (Å²) in [5.74, 6) is 0.694. The van der Waals surface area contributed by atoms with E-state index in [1.807, 2.05) is 50.7 Å². The van der Waals surface area contributed by atoms with Crippen molar-refractivity contribution < 1.29 is 4.74 Å². The van der Waals surface area contributed by atoms with E-state index in [9.17, 15) is 0 Å². The predicted molar refractivity (Wildman–Crippen MR) is 138 cm³/mol. The topological polar surface area (TPSA) is 51.1 Å². The fraction of sp³-hybridized carbons (Fsp3) is 0.160. The number of nitrogens with zero attached hydrogens (tertiary/aromatic N) is 4. The van der Waals surface area contributed by atoms with Gasteiger partial charge in [0.15, 0.2) is 4.34 Å². The van der Waals surface area contributed by atoms with Crippen LogP contribution in [0.5, 0.6) is 5.75 Å². The summed E-state index contributed by atoms with van der Waals surface area (Å²) < 4.78 is 7.23. The molecule has 0 saturated carbocycles. The van der Waals surface area contributed by atoms with Crippen molar-refractivity contribution in [3.63, 3.8) is 0 Å². The van der Waals surface area contributed by atoms with Gasteiger partial charge in [0, 0.05) is 64.7 Å². The number of hydrogen-bond donors (Lipinski definition) is 0. The molecule has 0 amide bonds. The summed E-state index contributed by atoms with van der Waals surface area (Å²) in [7, 11) is 4.03. The van der Waals surface area contributed by atoms with Crippen LogP contribution in [0, 0.1) is 6.92 Å². The number of ether oxygens (including phenoxy) is 1. The Kier molecular flexibility index (Phi) is 7.33. The van der Waals surface area contributed by atoms with Crippen molar-refractivity contribution in [2.75, 3.05) is 14.1 Å². The van der Waals surface area contributed by atoms with Crippen LogP contribution >= 0.6 is 34.7 Å². The smallest absolute Gasteiger partial charge is 0.154 e. The molecular formula is C25H23ClN4OS2. The average Bonchev–Trinajstić information content (AvgIpc) is 3.29. The molecule has 0 saturated heterocycles. The normalized spacial score (nSPS) is 11.6. The molecule has 0 atom stereocenters. The molecule has 4 rings (SSSR count). The van der Waals surface area contributed by atoms with Crippen LogP contribution in [-0.2, 0) is 6.61 Å². The summed E-state index contributed by atoms with van der Waals surface area (Å²) in [6, 6.07) is 10.00.